The highest BCUT2D eigenvalue weighted by atomic mass is 19.3. The molecule has 3 heterocycles. The number of aromatic amines is 1. The van der Waals surface area contributed by atoms with Crippen LogP contribution in [0.3, 0.4) is 0 Å². The normalized spacial score (nSPS) is 22.6. The molecule has 0 bridgehead atoms. The first-order valence-electron chi connectivity index (χ1n) is 11.6. The molecule has 2 aromatic heterocycles. The number of hydrogen-bond acceptors (Lipinski definition) is 5. The predicted molar refractivity (Wildman–Crippen MR) is 127 cm³/mol. The number of nitrogens with one attached hydrogen (secondary N) is 2. The molecule has 1 saturated carbocycles. The van der Waals surface area contributed by atoms with Gasteiger partial charge < -0.3 is 16.0 Å². The van der Waals surface area contributed by atoms with Gasteiger partial charge in [0, 0.05) is 29.8 Å². The van der Waals surface area contributed by atoms with E-state index in [1.807, 2.05) is 13.0 Å². The molecule has 1 aliphatic heterocycles. The highest BCUT2D eigenvalue weighted by Crippen LogP contribution is 2.45. The van der Waals surface area contributed by atoms with Crippen molar-refractivity contribution in [3.8, 4) is 0 Å². The lowest BCUT2D eigenvalue weighted by molar-refractivity contribution is 0.195. The summed E-state index contributed by atoms with van der Waals surface area (Å²) in [5.41, 5.74) is 12.7. The van der Waals surface area contributed by atoms with Gasteiger partial charge >= 0.3 is 0 Å². The number of nitrogen functional groups attached to an aromatic ring is 1. The number of fused-ring (bicyclic) bond motifs is 2. The van der Waals surface area contributed by atoms with Crippen LogP contribution in [0.5, 0.6) is 0 Å². The summed E-state index contributed by atoms with van der Waals surface area (Å²) < 4.78 is 25.7. The Labute approximate surface area is 192 Å². The fraction of sp³-hybridized carbons (Fsp3) is 0.440. The maximum absolute atomic E-state index is 12.9. The van der Waals surface area contributed by atoms with Crippen LogP contribution in [0.15, 0.2) is 35.9 Å². The third-order valence-corrected chi connectivity index (χ3v) is 7.26. The van der Waals surface area contributed by atoms with E-state index in [9.17, 15) is 8.78 Å². The van der Waals surface area contributed by atoms with Crippen LogP contribution in [0, 0.1) is 6.92 Å². The Hall–Kier alpha value is -3.00. The maximum Gasteiger partial charge on any atom is 0.269 e. The number of anilines is 2. The molecule has 1 aliphatic carbocycles. The number of allylic oxidation sites excluding steroid dienone is 1. The van der Waals surface area contributed by atoms with E-state index >= 15 is 0 Å². The van der Waals surface area contributed by atoms with Crippen LogP contribution in [0.1, 0.15) is 67.1 Å². The zero-order chi connectivity index (χ0) is 23.3. The Morgan fingerprint density at radius 2 is 1.91 bits per heavy atom. The fourth-order valence-corrected chi connectivity index (χ4v) is 5.43. The standard InChI is InChI=1S/C25H30F2N6/c1-13-18-10-15(12-33(3)17-7-5-16(6-8-17)24(26)27)4-9-20(18)31-22(13)19-11-21(28)32-25-23(19)29-14(2)30-25/h4,9-11,13,17,22,31H,5-8,12H2,1-3H3,(H3,28,29,30,32). The van der Waals surface area contributed by atoms with Gasteiger partial charge in [-0.1, -0.05) is 19.1 Å². The van der Waals surface area contributed by atoms with E-state index in [1.54, 1.807) is 0 Å². The summed E-state index contributed by atoms with van der Waals surface area (Å²) in [6.07, 6.45) is 1.10. The van der Waals surface area contributed by atoms with Gasteiger partial charge in [-0.2, -0.15) is 8.78 Å². The second kappa shape index (κ2) is 8.41. The molecule has 1 aromatic carbocycles. The van der Waals surface area contributed by atoms with E-state index in [1.165, 1.54) is 11.1 Å². The molecular formula is C25H30F2N6. The topological polar surface area (TPSA) is 82.9 Å². The number of imidazole rings is 1. The minimum Gasteiger partial charge on any atom is -0.384 e. The quantitative estimate of drug-likeness (QED) is 0.477. The number of aryl methyl sites for hydroxylation is 1. The summed E-state index contributed by atoms with van der Waals surface area (Å²) in [5.74, 6) is 1.53. The van der Waals surface area contributed by atoms with Crippen molar-refractivity contribution in [2.45, 2.75) is 64.1 Å². The van der Waals surface area contributed by atoms with Crippen molar-refractivity contribution in [1.82, 2.24) is 19.9 Å². The summed E-state index contributed by atoms with van der Waals surface area (Å²) in [7, 11) is 2.10. The number of hydrogen-bond donors (Lipinski definition) is 3. The van der Waals surface area contributed by atoms with Crippen LogP contribution in [0.2, 0.25) is 0 Å². The van der Waals surface area contributed by atoms with Gasteiger partial charge in [-0.05, 0) is 68.5 Å². The lowest BCUT2D eigenvalue weighted by atomic mass is 9.90. The van der Waals surface area contributed by atoms with E-state index in [-0.39, 0.29) is 12.0 Å². The molecule has 8 heteroatoms. The first kappa shape index (κ1) is 21.8. The van der Waals surface area contributed by atoms with Gasteiger partial charge in [0.25, 0.3) is 6.08 Å². The van der Waals surface area contributed by atoms with Crippen LogP contribution in [-0.2, 0) is 6.54 Å². The number of H-pyrrole nitrogens is 1. The number of benzene rings is 1. The van der Waals surface area contributed by atoms with E-state index < -0.39 is 6.08 Å². The van der Waals surface area contributed by atoms with Crippen molar-refractivity contribution in [3.63, 3.8) is 0 Å². The Morgan fingerprint density at radius 3 is 2.64 bits per heavy atom. The van der Waals surface area contributed by atoms with Gasteiger partial charge in [0.2, 0.25) is 0 Å². The molecule has 1 fully saturated rings. The molecule has 6 nitrogen and oxygen atoms in total. The summed E-state index contributed by atoms with van der Waals surface area (Å²) in [6.45, 7) is 4.95. The minimum absolute atomic E-state index is 0.0692. The summed E-state index contributed by atoms with van der Waals surface area (Å²) in [5, 5.41) is 3.67. The highest BCUT2D eigenvalue weighted by Gasteiger charge is 2.32. The van der Waals surface area contributed by atoms with Gasteiger partial charge in [-0.15, -0.1) is 0 Å². The van der Waals surface area contributed by atoms with Gasteiger partial charge in [-0.25, -0.2) is 9.97 Å². The van der Waals surface area contributed by atoms with E-state index in [4.69, 9.17) is 5.73 Å². The second-order valence-electron chi connectivity index (χ2n) is 9.50. The number of nitrogens with two attached hydrogens (primary N) is 1. The lowest BCUT2D eigenvalue weighted by Gasteiger charge is -2.32. The molecule has 2 atom stereocenters. The third-order valence-electron chi connectivity index (χ3n) is 7.26. The van der Waals surface area contributed by atoms with Gasteiger partial charge in [0.15, 0.2) is 5.65 Å². The van der Waals surface area contributed by atoms with E-state index in [2.05, 4.69) is 57.3 Å². The number of aromatic nitrogens is 3. The zero-order valence-corrected chi connectivity index (χ0v) is 19.3. The van der Waals surface area contributed by atoms with Crippen LogP contribution < -0.4 is 11.1 Å². The summed E-state index contributed by atoms with van der Waals surface area (Å²) >= 11 is 0. The number of nitrogens with zero attached hydrogens (tertiary/aromatic N) is 3. The average molecular weight is 453 g/mol. The largest absolute Gasteiger partial charge is 0.384 e. The second-order valence-corrected chi connectivity index (χ2v) is 9.50. The molecule has 33 heavy (non-hydrogen) atoms. The Bertz CT molecular complexity index is 1220. The molecule has 3 aromatic rings. The van der Waals surface area contributed by atoms with Crippen molar-refractivity contribution in [1.29, 1.82) is 0 Å². The predicted octanol–water partition coefficient (Wildman–Crippen LogP) is 5.64. The molecule has 0 radical (unpaired) electrons. The Morgan fingerprint density at radius 1 is 1.15 bits per heavy atom. The molecule has 0 spiro atoms. The molecule has 2 unspecified atom stereocenters. The van der Waals surface area contributed by atoms with Gasteiger partial charge in [-0.3, -0.25) is 4.90 Å². The zero-order valence-electron chi connectivity index (χ0n) is 19.3. The number of rotatable bonds is 4. The van der Waals surface area contributed by atoms with E-state index in [0.29, 0.717) is 35.9 Å². The molecule has 174 valence electrons. The maximum atomic E-state index is 12.9. The first-order chi connectivity index (χ1) is 15.8. The summed E-state index contributed by atoms with van der Waals surface area (Å²) in [6, 6.07) is 8.92. The Kier molecular flexibility index (Phi) is 5.56. The van der Waals surface area contributed by atoms with Crippen LogP contribution in [-0.4, -0.2) is 32.9 Å². The molecule has 2 aliphatic rings. The first-order valence-corrected chi connectivity index (χ1v) is 11.6. The van der Waals surface area contributed by atoms with Gasteiger partial charge in [0.05, 0.1) is 11.6 Å². The van der Waals surface area contributed by atoms with Crippen LogP contribution in [0.4, 0.5) is 20.3 Å². The van der Waals surface area contributed by atoms with Crippen molar-refractivity contribution >= 4 is 22.7 Å². The van der Waals surface area contributed by atoms with Crippen molar-refractivity contribution in [3.05, 3.63) is 58.4 Å². The lowest BCUT2D eigenvalue weighted by Crippen LogP contribution is -2.33. The smallest absolute Gasteiger partial charge is 0.269 e. The van der Waals surface area contributed by atoms with Crippen molar-refractivity contribution in [2.75, 3.05) is 18.1 Å². The minimum atomic E-state index is -1.48. The number of halogens is 2. The summed E-state index contributed by atoms with van der Waals surface area (Å²) in [4.78, 5) is 14.5. The Balaban J connectivity index is 1.34. The van der Waals surface area contributed by atoms with E-state index in [0.717, 1.165) is 42.0 Å². The molecule has 4 N–H and O–H groups in total. The van der Waals surface area contributed by atoms with Crippen molar-refractivity contribution in [2.24, 2.45) is 0 Å². The number of pyridine rings is 1. The highest BCUT2D eigenvalue weighted by molar-refractivity contribution is 5.79. The fourth-order valence-electron chi connectivity index (χ4n) is 5.43. The molecule has 0 saturated heterocycles. The monoisotopic (exact) mass is 452 g/mol. The molecular weight excluding hydrogens is 422 g/mol. The third kappa shape index (κ3) is 4.08. The van der Waals surface area contributed by atoms with Crippen molar-refractivity contribution < 1.29 is 8.78 Å². The molecule has 5 rings (SSSR count). The van der Waals surface area contributed by atoms with Gasteiger partial charge in [0.1, 0.15) is 11.6 Å². The average Bonchev–Trinajstić information content (AvgIpc) is 3.32. The van der Waals surface area contributed by atoms with Crippen LogP contribution >= 0.6 is 0 Å². The SMILES string of the molecule is Cc1nc2nc(N)cc(C3Nc4ccc(CN(C)C5CCC(=C(F)F)CC5)cc4C3C)c2[nH]1. The van der Waals surface area contributed by atoms with Crippen LogP contribution in [0.25, 0.3) is 11.2 Å². The molecule has 0 amide bonds.